The van der Waals surface area contributed by atoms with Crippen molar-refractivity contribution in [2.75, 3.05) is 0 Å². The van der Waals surface area contributed by atoms with E-state index >= 15 is 0 Å². The van der Waals surface area contributed by atoms with Crippen LogP contribution in [0.25, 0.3) is 0 Å². The molecule has 4 heteroatoms. The molecule has 0 atom stereocenters. The first-order valence-corrected chi connectivity index (χ1v) is 4.10. The third kappa shape index (κ3) is 5.66. The fraction of sp³-hybridized carbons (Fsp3) is 0.333. The Hall–Kier alpha value is -1.58. The van der Waals surface area contributed by atoms with Crippen molar-refractivity contribution in [1.29, 1.82) is 0 Å². The van der Waals surface area contributed by atoms with Gasteiger partial charge in [-0.05, 0) is 5.56 Å². The molecular weight excluding hydrogens is 170 g/mol. The van der Waals surface area contributed by atoms with Crippen LogP contribution in [0.15, 0.2) is 30.3 Å². The molecular formula is C9H13NO3. The van der Waals surface area contributed by atoms with Gasteiger partial charge in [0.05, 0.1) is 0 Å². The first-order chi connectivity index (χ1) is 6.29. The molecule has 0 amide bonds. The molecule has 1 aromatic carbocycles. The lowest BCUT2D eigenvalue weighted by Gasteiger charge is -1.96. The Morgan fingerprint density at radius 1 is 1.31 bits per heavy atom. The van der Waals surface area contributed by atoms with Crippen molar-refractivity contribution in [2.45, 2.75) is 20.5 Å². The molecule has 0 aromatic heterocycles. The van der Waals surface area contributed by atoms with Crippen molar-refractivity contribution >= 4 is 0 Å². The molecule has 1 rings (SSSR count). The van der Waals surface area contributed by atoms with E-state index in [4.69, 9.17) is 0 Å². The normalized spacial score (nSPS) is 8.15. The monoisotopic (exact) mass is 183 g/mol. The minimum absolute atomic E-state index is 0.0217. The molecule has 0 aliphatic heterocycles. The summed E-state index contributed by atoms with van der Waals surface area (Å²) < 4.78 is 0. The van der Waals surface area contributed by atoms with E-state index in [9.17, 15) is 10.1 Å². The second-order valence-corrected chi connectivity index (χ2v) is 1.98. The Kier molecular flexibility index (Phi) is 6.23. The Morgan fingerprint density at radius 2 is 1.85 bits per heavy atom. The lowest BCUT2D eigenvalue weighted by molar-refractivity contribution is -0.763. The highest BCUT2D eigenvalue weighted by atomic mass is 16.9. The average Bonchev–Trinajstić information content (AvgIpc) is 2.19. The number of rotatable bonds is 3. The zero-order valence-corrected chi connectivity index (χ0v) is 7.77. The number of hydrogen-bond acceptors (Lipinski definition) is 3. The standard InChI is InChI=1S/C7H7NO3.C2H6/c9-8(10)11-6-7-4-2-1-3-5-7;1-2/h1-5H,6H2;1-2H3. The van der Waals surface area contributed by atoms with Gasteiger partial charge in [-0.1, -0.05) is 44.2 Å². The molecule has 0 heterocycles. The van der Waals surface area contributed by atoms with E-state index in [2.05, 4.69) is 4.84 Å². The van der Waals surface area contributed by atoms with Crippen molar-refractivity contribution in [3.8, 4) is 0 Å². The summed E-state index contributed by atoms with van der Waals surface area (Å²) in [6, 6.07) is 8.99. The smallest absolute Gasteiger partial charge is 0.294 e. The summed E-state index contributed by atoms with van der Waals surface area (Å²) in [6.45, 7) is 4.02. The number of benzene rings is 1. The van der Waals surface area contributed by atoms with Crippen LogP contribution < -0.4 is 0 Å². The molecule has 0 saturated carbocycles. The predicted octanol–water partition coefficient (Wildman–Crippen LogP) is 2.42. The van der Waals surface area contributed by atoms with Crippen LogP contribution >= 0.6 is 0 Å². The molecule has 0 aliphatic rings. The Bertz CT molecular complexity index is 236. The first-order valence-electron chi connectivity index (χ1n) is 4.10. The molecule has 13 heavy (non-hydrogen) atoms. The van der Waals surface area contributed by atoms with Gasteiger partial charge in [-0.2, -0.15) is 0 Å². The van der Waals surface area contributed by atoms with Gasteiger partial charge in [-0.25, -0.2) is 0 Å². The Balaban J connectivity index is 0.000000671. The fourth-order valence-electron chi connectivity index (χ4n) is 0.701. The molecule has 4 nitrogen and oxygen atoms in total. The SMILES string of the molecule is CC.O=[N+]([O-])OCc1ccccc1. The van der Waals surface area contributed by atoms with E-state index in [1.165, 1.54) is 0 Å². The highest BCUT2D eigenvalue weighted by molar-refractivity contribution is 5.13. The lowest BCUT2D eigenvalue weighted by Crippen LogP contribution is -1.99. The second kappa shape index (κ2) is 7.09. The summed E-state index contributed by atoms with van der Waals surface area (Å²) in [5, 5.41) is 8.96. The maximum absolute atomic E-state index is 9.76. The van der Waals surface area contributed by atoms with E-state index in [0.717, 1.165) is 5.56 Å². The van der Waals surface area contributed by atoms with Crippen LogP contribution in [0.4, 0.5) is 0 Å². The summed E-state index contributed by atoms with van der Waals surface area (Å²) in [5.74, 6) is 0. The van der Waals surface area contributed by atoms with Gasteiger partial charge in [-0.15, -0.1) is 10.1 Å². The quantitative estimate of drug-likeness (QED) is 0.534. The number of nitrogens with zero attached hydrogens (tertiary/aromatic N) is 1. The van der Waals surface area contributed by atoms with E-state index < -0.39 is 5.09 Å². The van der Waals surface area contributed by atoms with E-state index in [1.807, 2.05) is 19.9 Å². The molecule has 0 fully saturated rings. The van der Waals surface area contributed by atoms with Gasteiger partial charge in [0.25, 0.3) is 5.09 Å². The molecule has 0 radical (unpaired) electrons. The summed E-state index contributed by atoms with van der Waals surface area (Å²) in [5.41, 5.74) is 0.796. The van der Waals surface area contributed by atoms with E-state index in [0.29, 0.717) is 0 Å². The van der Waals surface area contributed by atoms with Crippen LogP contribution in [-0.2, 0) is 11.4 Å². The van der Waals surface area contributed by atoms with Gasteiger partial charge < -0.3 is 4.84 Å². The maximum Gasteiger partial charge on any atom is 0.294 e. The molecule has 0 unspecified atom stereocenters. The van der Waals surface area contributed by atoms with Gasteiger partial charge >= 0.3 is 0 Å². The average molecular weight is 183 g/mol. The highest BCUT2D eigenvalue weighted by Crippen LogP contribution is 1.99. The topological polar surface area (TPSA) is 52.4 Å². The first kappa shape index (κ1) is 11.4. The third-order valence-corrected chi connectivity index (χ3v) is 1.18. The number of hydrogen-bond donors (Lipinski definition) is 0. The van der Waals surface area contributed by atoms with Crippen LogP contribution in [0.2, 0.25) is 0 Å². The maximum atomic E-state index is 9.76. The van der Waals surface area contributed by atoms with Crippen LogP contribution in [0.5, 0.6) is 0 Å². The minimum Gasteiger partial charge on any atom is -0.309 e. The zero-order chi connectivity index (χ0) is 10.1. The zero-order valence-electron chi connectivity index (χ0n) is 7.77. The minimum atomic E-state index is -0.799. The van der Waals surface area contributed by atoms with E-state index in [1.54, 1.807) is 24.3 Å². The van der Waals surface area contributed by atoms with Gasteiger partial charge in [0.15, 0.2) is 0 Å². The fourth-order valence-corrected chi connectivity index (χ4v) is 0.701. The summed E-state index contributed by atoms with van der Waals surface area (Å²) in [7, 11) is 0. The third-order valence-electron chi connectivity index (χ3n) is 1.18. The lowest BCUT2D eigenvalue weighted by atomic mass is 10.2. The van der Waals surface area contributed by atoms with Crippen molar-refractivity contribution < 1.29 is 9.92 Å². The van der Waals surface area contributed by atoms with Gasteiger partial charge in [0.1, 0.15) is 6.61 Å². The van der Waals surface area contributed by atoms with E-state index in [-0.39, 0.29) is 6.61 Å². The molecule has 0 N–H and O–H groups in total. The molecule has 0 bridgehead atoms. The Morgan fingerprint density at radius 3 is 2.31 bits per heavy atom. The van der Waals surface area contributed by atoms with Crippen molar-refractivity contribution in [2.24, 2.45) is 0 Å². The van der Waals surface area contributed by atoms with Crippen LogP contribution in [-0.4, -0.2) is 5.09 Å². The van der Waals surface area contributed by atoms with Crippen LogP contribution in [0.1, 0.15) is 19.4 Å². The Labute approximate surface area is 77.3 Å². The summed E-state index contributed by atoms with van der Waals surface area (Å²) in [4.78, 5) is 13.9. The van der Waals surface area contributed by atoms with Crippen molar-refractivity contribution in [3.63, 3.8) is 0 Å². The molecule has 0 aliphatic carbocycles. The molecule has 0 saturated heterocycles. The summed E-state index contributed by atoms with van der Waals surface area (Å²) in [6.07, 6.45) is 0. The molecule has 72 valence electrons. The van der Waals surface area contributed by atoms with Gasteiger partial charge in [0, 0.05) is 0 Å². The molecule has 1 aromatic rings. The van der Waals surface area contributed by atoms with Crippen molar-refractivity contribution in [3.05, 3.63) is 46.0 Å². The largest absolute Gasteiger partial charge is 0.309 e. The van der Waals surface area contributed by atoms with Gasteiger partial charge in [0.2, 0.25) is 0 Å². The van der Waals surface area contributed by atoms with Crippen molar-refractivity contribution in [1.82, 2.24) is 0 Å². The second-order valence-electron chi connectivity index (χ2n) is 1.98. The molecule has 0 spiro atoms. The predicted molar refractivity (Wildman–Crippen MR) is 49.6 cm³/mol. The van der Waals surface area contributed by atoms with Crippen LogP contribution in [0.3, 0.4) is 0 Å². The van der Waals surface area contributed by atoms with Crippen LogP contribution in [0, 0.1) is 10.1 Å². The summed E-state index contributed by atoms with van der Waals surface area (Å²) >= 11 is 0. The van der Waals surface area contributed by atoms with Gasteiger partial charge in [-0.3, -0.25) is 0 Å². The highest BCUT2D eigenvalue weighted by Gasteiger charge is 1.94.